The Labute approximate surface area is 171 Å². The molecule has 3 aromatic rings. The van der Waals surface area contributed by atoms with Gasteiger partial charge in [0.05, 0.1) is 11.9 Å². The molecule has 1 aromatic carbocycles. The summed E-state index contributed by atoms with van der Waals surface area (Å²) in [5.74, 6) is 2.02. The maximum atomic E-state index is 5.06. The van der Waals surface area contributed by atoms with E-state index in [0.717, 1.165) is 49.2 Å². The Morgan fingerprint density at radius 1 is 1.04 bits per heavy atom. The quantitative estimate of drug-likeness (QED) is 0.631. The van der Waals surface area contributed by atoms with Gasteiger partial charge in [-0.15, -0.1) is 11.3 Å². The Hall–Kier alpha value is -2.02. The smallest absolute Gasteiger partial charge is 0.146 e. The zero-order chi connectivity index (χ0) is 19.5. The molecule has 1 saturated heterocycles. The Balaban J connectivity index is 1.76. The standard InChI is InChI=1S/C22H29N5S/c1-4-10-26-11-13-27(14-12-26)21-20-18(17-8-6-5-7-9-17)16-28-22(20)24-19(23-21)15-25(2)3/h5-9,16H,4,10-15H2,1-3H3. The zero-order valence-electron chi connectivity index (χ0n) is 17.1. The molecule has 0 unspecified atom stereocenters. The number of nitrogens with zero attached hydrogens (tertiary/aromatic N) is 5. The number of anilines is 1. The van der Waals surface area contributed by atoms with Crippen LogP contribution in [0.15, 0.2) is 35.7 Å². The van der Waals surface area contributed by atoms with E-state index in [9.17, 15) is 0 Å². The minimum atomic E-state index is 0.761. The van der Waals surface area contributed by atoms with Gasteiger partial charge in [-0.05, 0) is 32.6 Å². The van der Waals surface area contributed by atoms with Gasteiger partial charge in [-0.3, -0.25) is 4.90 Å². The van der Waals surface area contributed by atoms with Crippen LogP contribution in [0.2, 0.25) is 0 Å². The first kappa shape index (κ1) is 19.3. The molecule has 28 heavy (non-hydrogen) atoms. The lowest BCUT2D eigenvalue weighted by Crippen LogP contribution is -2.47. The molecule has 6 heteroatoms. The summed E-state index contributed by atoms with van der Waals surface area (Å²) in [4.78, 5) is 18.2. The van der Waals surface area contributed by atoms with E-state index < -0.39 is 0 Å². The largest absolute Gasteiger partial charge is 0.353 e. The predicted octanol–water partition coefficient (Wildman–Crippen LogP) is 3.95. The Morgan fingerprint density at radius 3 is 2.46 bits per heavy atom. The van der Waals surface area contributed by atoms with E-state index in [0.29, 0.717) is 0 Å². The molecule has 5 nitrogen and oxygen atoms in total. The molecule has 0 bridgehead atoms. The molecular weight excluding hydrogens is 366 g/mol. The summed E-state index contributed by atoms with van der Waals surface area (Å²) in [5, 5.41) is 3.45. The van der Waals surface area contributed by atoms with Crippen LogP contribution in [0.3, 0.4) is 0 Å². The molecular formula is C22H29N5S. The first-order valence-electron chi connectivity index (χ1n) is 10.1. The summed E-state index contributed by atoms with van der Waals surface area (Å²) < 4.78 is 0. The van der Waals surface area contributed by atoms with Crippen LogP contribution in [-0.4, -0.2) is 66.6 Å². The Kier molecular flexibility index (Phi) is 5.90. The third-order valence-electron chi connectivity index (χ3n) is 5.21. The highest BCUT2D eigenvalue weighted by Gasteiger charge is 2.23. The third-order valence-corrected chi connectivity index (χ3v) is 6.09. The highest BCUT2D eigenvalue weighted by molar-refractivity contribution is 7.17. The van der Waals surface area contributed by atoms with E-state index in [-0.39, 0.29) is 0 Å². The minimum absolute atomic E-state index is 0.761. The fraction of sp³-hybridized carbons (Fsp3) is 0.455. The van der Waals surface area contributed by atoms with Crippen molar-refractivity contribution in [1.29, 1.82) is 0 Å². The molecule has 2 aromatic heterocycles. The van der Waals surface area contributed by atoms with Crippen molar-refractivity contribution in [3.05, 3.63) is 41.5 Å². The molecule has 0 saturated carbocycles. The highest BCUT2D eigenvalue weighted by atomic mass is 32.1. The molecule has 0 atom stereocenters. The summed E-state index contributed by atoms with van der Waals surface area (Å²) in [7, 11) is 4.14. The number of hydrogen-bond donors (Lipinski definition) is 0. The van der Waals surface area contributed by atoms with E-state index in [1.165, 1.54) is 29.5 Å². The fourth-order valence-electron chi connectivity index (χ4n) is 3.88. The van der Waals surface area contributed by atoms with E-state index >= 15 is 0 Å². The van der Waals surface area contributed by atoms with Crippen LogP contribution in [0.5, 0.6) is 0 Å². The molecule has 0 spiro atoms. The molecule has 148 valence electrons. The van der Waals surface area contributed by atoms with Gasteiger partial charge < -0.3 is 9.80 Å². The molecule has 1 aliphatic heterocycles. The maximum Gasteiger partial charge on any atom is 0.146 e. The molecule has 1 fully saturated rings. The molecule has 0 N–H and O–H groups in total. The van der Waals surface area contributed by atoms with Crippen molar-refractivity contribution in [2.75, 3.05) is 51.7 Å². The number of rotatable bonds is 6. The molecule has 0 aliphatic carbocycles. The molecule has 0 radical (unpaired) electrons. The third kappa shape index (κ3) is 4.04. The molecule has 3 heterocycles. The number of piperazine rings is 1. The van der Waals surface area contributed by atoms with Gasteiger partial charge in [0, 0.05) is 37.1 Å². The van der Waals surface area contributed by atoms with Gasteiger partial charge in [0.15, 0.2) is 0 Å². The Morgan fingerprint density at radius 2 is 1.79 bits per heavy atom. The van der Waals surface area contributed by atoms with Crippen LogP contribution in [-0.2, 0) is 6.54 Å². The van der Waals surface area contributed by atoms with Crippen LogP contribution in [0.4, 0.5) is 5.82 Å². The van der Waals surface area contributed by atoms with Crippen LogP contribution >= 0.6 is 11.3 Å². The van der Waals surface area contributed by atoms with Gasteiger partial charge in [-0.25, -0.2) is 9.97 Å². The number of benzene rings is 1. The van der Waals surface area contributed by atoms with Crippen molar-refractivity contribution < 1.29 is 0 Å². The average Bonchev–Trinajstić information content (AvgIpc) is 3.12. The number of thiophene rings is 1. The van der Waals surface area contributed by atoms with E-state index in [2.05, 4.69) is 71.4 Å². The lowest BCUT2D eigenvalue weighted by atomic mass is 10.1. The van der Waals surface area contributed by atoms with Gasteiger partial charge in [0.25, 0.3) is 0 Å². The summed E-state index contributed by atoms with van der Waals surface area (Å²) in [6.07, 6.45) is 1.22. The fourth-order valence-corrected chi connectivity index (χ4v) is 4.84. The first-order chi connectivity index (χ1) is 13.7. The van der Waals surface area contributed by atoms with Gasteiger partial charge in [-0.1, -0.05) is 37.3 Å². The average molecular weight is 396 g/mol. The van der Waals surface area contributed by atoms with Gasteiger partial charge in [0.2, 0.25) is 0 Å². The van der Waals surface area contributed by atoms with Crippen LogP contribution < -0.4 is 4.90 Å². The van der Waals surface area contributed by atoms with Crippen molar-refractivity contribution in [3.63, 3.8) is 0 Å². The van der Waals surface area contributed by atoms with Gasteiger partial charge in [0.1, 0.15) is 16.5 Å². The SMILES string of the molecule is CCCN1CCN(c2nc(CN(C)C)nc3scc(-c4ccccc4)c23)CC1. The van der Waals surface area contributed by atoms with Gasteiger partial charge >= 0.3 is 0 Å². The van der Waals surface area contributed by atoms with E-state index in [4.69, 9.17) is 9.97 Å². The van der Waals surface area contributed by atoms with Crippen molar-refractivity contribution in [1.82, 2.24) is 19.8 Å². The summed E-state index contributed by atoms with van der Waals surface area (Å²) in [6, 6.07) is 10.6. The minimum Gasteiger partial charge on any atom is -0.353 e. The van der Waals surface area contributed by atoms with Crippen LogP contribution in [0.1, 0.15) is 19.2 Å². The lowest BCUT2D eigenvalue weighted by molar-refractivity contribution is 0.258. The number of fused-ring (bicyclic) bond motifs is 1. The first-order valence-corrected chi connectivity index (χ1v) is 11.0. The predicted molar refractivity (Wildman–Crippen MR) is 119 cm³/mol. The Bertz CT molecular complexity index is 913. The van der Waals surface area contributed by atoms with E-state index in [1.54, 1.807) is 11.3 Å². The highest BCUT2D eigenvalue weighted by Crippen LogP contribution is 2.38. The second-order valence-electron chi connectivity index (χ2n) is 7.73. The lowest BCUT2D eigenvalue weighted by Gasteiger charge is -2.35. The summed E-state index contributed by atoms with van der Waals surface area (Å²) in [5.41, 5.74) is 2.49. The number of aromatic nitrogens is 2. The number of hydrogen-bond acceptors (Lipinski definition) is 6. The van der Waals surface area contributed by atoms with Crippen LogP contribution in [0, 0.1) is 0 Å². The van der Waals surface area contributed by atoms with Gasteiger partial charge in [-0.2, -0.15) is 0 Å². The summed E-state index contributed by atoms with van der Waals surface area (Å²) in [6.45, 7) is 8.46. The molecule has 1 aliphatic rings. The zero-order valence-corrected chi connectivity index (χ0v) is 17.9. The second kappa shape index (κ2) is 8.55. The summed E-state index contributed by atoms with van der Waals surface area (Å²) >= 11 is 1.73. The van der Waals surface area contributed by atoms with E-state index in [1.807, 2.05) is 0 Å². The van der Waals surface area contributed by atoms with Crippen molar-refractivity contribution in [2.24, 2.45) is 0 Å². The van der Waals surface area contributed by atoms with Crippen molar-refractivity contribution >= 4 is 27.4 Å². The monoisotopic (exact) mass is 395 g/mol. The molecule has 0 amide bonds. The molecule has 4 rings (SSSR count). The van der Waals surface area contributed by atoms with Crippen molar-refractivity contribution in [3.8, 4) is 11.1 Å². The topological polar surface area (TPSA) is 35.5 Å². The second-order valence-corrected chi connectivity index (χ2v) is 8.58. The van der Waals surface area contributed by atoms with Crippen LogP contribution in [0.25, 0.3) is 21.3 Å². The van der Waals surface area contributed by atoms with Crippen molar-refractivity contribution in [2.45, 2.75) is 19.9 Å². The normalized spacial score (nSPS) is 15.6. The maximum absolute atomic E-state index is 5.06.